The molecule has 0 radical (unpaired) electrons. The first kappa shape index (κ1) is 15.5. The van der Waals surface area contributed by atoms with E-state index in [9.17, 15) is 10.2 Å². The van der Waals surface area contributed by atoms with E-state index < -0.39 is 6.17 Å². The fourth-order valence-corrected chi connectivity index (χ4v) is 6.14. The summed E-state index contributed by atoms with van der Waals surface area (Å²) in [4.78, 5) is 0. The van der Waals surface area contributed by atoms with Crippen LogP contribution >= 0.6 is 12.2 Å². The number of thiocarbonyl (C=S) groups is 1. The molecule has 0 aromatic heterocycles. The van der Waals surface area contributed by atoms with Crippen LogP contribution in [0.3, 0.4) is 0 Å². The lowest BCUT2D eigenvalue weighted by molar-refractivity contribution is -0.00950. The highest BCUT2D eigenvalue weighted by Gasteiger charge is 2.58. The number of alkyl halides is 1. The van der Waals surface area contributed by atoms with Crippen LogP contribution in [0.15, 0.2) is 18.2 Å². The number of fused-ring (bicyclic) bond motifs is 5. The Labute approximate surface area is 141 Å². The third-order valence-corrected chi connectivity index (χ3v) is 7.01. The van der Waals surface area contributed by atoms with Gasteiger partial charge in [0.15, 0.2) is 0 Å². The van der Waals surface area contributed by atoms with Crippen molar-refractivity contribution in [2.45, 2.75) is 50.8 Å². The first-order valence-electron chi connectivity index (χ1n) is 8.52. The van der Waals surface area contributed by atoms with E-state index in [1.165, 1.54) is 0 Å². The summed E-state index contributed by atoms with van der Waals surface area (Å²) in [7, 11) is 0. The molecule has 4 rings (SSSR count). The molecule has 0 amide bonds. The Morgan fingerprint density at radius 3 is 2.87 bits per heavy atom. The molecule has 2 fully saturated rings. The number of benzene rings is 1. The van der Waals surface area contributed by atoms with E-state index in [-0.39, 0.29) is 35.0 Å². The molecule has 4 heteroatoms. The number of aliphatic hydroxyl groups excluding tert-OH is 1. The van der Waals surface area contributed by atoms with Crippen molar-refractivity contribution in [1.82, 2.24) is 0 Å². The molecule has 0 bridgehead atoms. The molecule has 0 spiro atoms. The Bertz CT molecular complexity index is 648. The average molecular weight is 334 g/mol. The number of phenols is 1. The van der Waals surface area contributed by atoms with Crippen LogP contribution in [0.2, 0.25) is 0 Å². The molecule has 3 aliphatic carbocycles. The molecular formula is C19H23FO2S. The Morgan fingerprint density at radius 1 is 1.35 bits per heavy atom. The fraction of sp³-hybridized carbons (Fsp3) is 0.632. The van der Waals surface area contributed by atoms with Crippen LogP contribution < -0.4 is 0 Å². The highest BCUT2D eigenvalue weighted by molar-refractivity contribution is 7.79. The first-order valence-corrected chi connectivity index (χ1v) is 8.99. The molecule has 2 nitrogen and oxygen atoms in total. The molecule has 0 aliphatic heterocycles. The second kappa shape index (κ2) is 5.25. The van der Waals surface area contributed by atoms with E-state index in [4.69, 9.17) is 12.2 Å². The second-order valence-electron chi connectivity index (χ2n) is 8.06. The number of phenolic OH excluding ortho intramolecular Hbond substituents is 1. The van der Waals surface area contributed by atoms with Crippen molar-refractivity contribution >= 4 is 17.6 Å². The molecule has 0 unspecified atom stereocenters. The molecule has 3 aliphatic rings. The maximum atomic E-state index is 15.2. The van der Waals surface area contributed by atoms with Crippen LogP contribution in [0.1, 0.15) is 43.2 Å². The van der Waals surface area contributed by atoms with Crippen LogP contribution in [-0.2, 0) is 6.42 Å². The highest BCUT2D eigenvalue weighted by Crippen LogP contribution is 2.62. The van der Waals surface area contributed by atoms with E-state index in [1.807, 2.05) is 6.07 Å². The zero-order chi connectivity index (χ0) is 16.4. The van der Waals surface area contributed by atoms with Crippen molar-refractivity contribution in [2.24, 2.45) is 23.2 Å². The molecule has 2 saturated carbocycles. The van der Waals surface area contributed by atoms with E-state index in [0.29, 0.717) is 18.8 Å². The van der Waals surface area contributed by atoms with Gasteiger partial charge in [-0.2, -0.15) is 0 Å². The SMILES string of the molecule is C[C@@]12C[C@H](O)C[C@H]1[C@H]1[C@@H](c3ccc(O)cc3C[C@H]1C=S)[C@@H](F)C2. The maximum absolute atomic E-state index is 15.2. The van der Waals surface area contributed by atoms with Gasteiger partial charge in [0.2, 0.25) is 0 Å². The zero-order valence-electron chi connectivity index (χ0n) is 13.3. The number of hydrogen-bond donors (Lipinski definition) is 2. The molecular weight excluding hydrogens is 311 g/mol. The van der Waals surface area contributed by atoms with Gasteiger partial charge in [-0.3, -0.25) is 0 Å². The van der Waals surface area contributed by atoms with Crippen LogP contribution in [-0.4, -0.2) is 27.9 Å². The predicted octanol–water partition coefficient (Wildman–Crippen LogP) is 3.78. The van der Waals surface area contributed by atoms with Crippen molar-refractivity contribution in [3.8, 4) is 5.75 Å². The number of hydrogen-bond acceptors (Lipinski definition) is 3. The standard InChI is InChI=1S/C19H23FO2S/c1-19-7-13(22)6-15(19)17-11(9-23)4-10-5-12(21)2-3-14(10)18(17)16(20)8-19/h2-3,5,9,11,13,15-18,21-22H,4,6-8H2,1H3/t11-,13+,15-,16-,17-,18-,19-/m0/s1. The third-order valence-electron chi connectivity index (χ3n) is 6.66. The normalized spacial score (nSPS) is 45.0. The Hall–Kier alpha value is -1.00. The van der Waals surface area contributed by atoms with Crippen LogP contribution in [0.4, 0.5) is 4.39 Å². The van der Waals surface area contributed by atoms with Gasteiger partial charge < -0.3 is 10.2 Å². The average Bonchev–Trinajstić information content (AvgIpc) is 2.79. The van der Waals surface area contributed by atoms with Gasteiger partial charge >= 0.3 is 0 Å². The van der Waals surface area contributed by atoms with Gasteiger partial charge in [-0.15, -0.1) is 0 Å². The van der Waals surface area contributed by atoms with E-state index in [0.717, 1.165) is 24.0 Å². The molecule has 124 valence electrons. The summed E-state index contributed by atoms with van der Waals surface area (Å²) in [5, 5.41) is 21.8. The van der Waals surface area contributed by atoms with Gasteiger partial charge in [0, 0.05) is 5.92 Å². The molecule has 7 atom stereocenters. The lowest BCUT2D eigenvalue weighted by atomic mass is 9.52. The minimum Gasteiger partial charge on any atom is -0.508 e. The monoisotopic (exact) mass is 334 g/mol. The van der Waals surface area contributed by atoms with E-state index >= 15 is 4.39 Å². The van der Waals surface area contributed by atoms with Crippen LogP contribution in [0.25, 0.3) is 0 Å². The molecule has 23 heavy (non-hydrogen) atoms. The topological polar surface area (TPSA) is 40.5 Å². The van der Waals surface area contributed by atoms with Crippen LogP contribution in [0.5, 0.6) is 5.75 Å². The van der Waals surface area contributed by atoms with Gasteiger partial charge in [0.25, 0.3) is 0 Å². The summed E-state index contributed by atoms with van der Waals surface area (Å²) < 4.78 is 15.2. The van der Waals surface area contributed by atoms with Gasteiger partial charge in [0.1, 0.15) is 11.9 Å². The molecule has 1 aromatic carbocycles. The molecule has 0 saturated heterocycles. The largest absolute Gasteiger partial charge is 0.508 e. The van der Waals surface area contributed by atoms with Gasteiger partial charge in [-0.05, 0) is 77.5 Å². The second-order valence-corrected chi connectivity index (χ2v) is 8.34. The number of rotatable bonds is 1. The number of halogens is 1. The van der Waals surface area contributed by atoms with Crippen molar-refractivity contribution in [3.05, 3.63) is 29.3 Å². The Kier molecular flexibility index (Phi) is 3.54. The fourth-order valence-electron chi connectivity index (χ4n) is 5.86. The van der Waals surface area contributed by atoms with Crippen molar-refractivity contribution < 1.29 is 14.6 Å². The van der Waals surface area contributed by atoms with Crippen molar-refractivity contribution in [1.29, 1.82) is 0 Å². The number of aliphatic hydroxyl groups is 1. The smallest absolute Gasteiger partial charge is 0.115 e. The summed E-state index contributed by atoms with van der Waals surface area (Å²) >= 11 is 5.29. The maximum Gasteiger partial charge on any atom is 0.115 e. The molecule has 1 aromatic rings. The molecule has 0 heterocycles. The quantitative estimate of drug-likeness (QED) is 0.768. The summed E-state index contributed by atoms with van der Waals surface area (Å²) in [5.74, 6) is 0.693. The summed E-state index contributed by atoms with van der Waals surface area (Å²) in [5.41, 5.74) is 1.95. The van der Waals surface area contributed by atoms with Crippen molar-refractivity contribution in [3.63, 3.8) is 0 Å². The predicted molar refractivity (Wildman–Crippen MR) is 91.5 cm³/mol. The van der Waals surface area contributed by atoms with Crippen LogP contribution in [0, 0.1) is 23.2 Å². The van der Waals surface area contributed by atoms with Crippen molar-refractivity contribution in [2.75, 3.05) is 0 Å². The Balaban J connectivity index is 1.83. The van der Waals surface area contributed by atoms with E-state index in [1.54, 1.807) is 17.5 Å². The minimum absolute atomic E-state index is 0.120. The van der Waals surface area contributed by atoms with Gasteiger partial charge in [0.05, 0.1) is 6.10 Å². The van der Waals surface area contributed by atoms with E-state index in [2.05, 4.69) is 6.92 Å². The lowest BCUT2D eigenvalue weighted by Gasteiger charge is -2.52. The summed E-state index contributed by atoms with van der Waals surface area (Å²) in [6.45, 7) is 2.14. The third kappa shape index (κ3) is 2.25. The summed E-state index contributed by atoms with van der Waals surface area (Å²) in [6.07, 6.45) is 1.52. The Morgan fingerprint density at radius 2 is 2.13 bits per heavy atom. The minimum atomic E-state index is -0.910. The number of aromatic hydroxyl groups is 1. The van der Waals surface area contributed by atoms with Gasteiger partial charge in [-0.25, -0.2) is 4.39 Å². The van der Waals surface area contributed by atoms with Gasteiger partial charge in [-0.1, -0.05) is 25.2 Å². The summed E-state index contributed by atoms with van der Waals surface area (Å²) in [6, 6.07) is 5.32. The first-order chi connectivity index (χ1) is 10.9. The lowest BCUT2D eigenvalue weighted by Crippen LogP contribution is -2.49. The highest BCUT2D eigenvalue weighted by atomic mass is 32.1. The zero-order valence-corrected chi connectivity index (χ0v) is 14.1. The molecule has 2 N–H and O–H groups in total.